The third-order valence-corrected chi connectivity index (χ3v) is 3.31. The molecule has 0 aliphatic heterocycles. The highest BCUT2D eigenvalue weighted by Gasteiger charge is 2.28. The van der Waals surface area contributed by atoms with Gasteiger partial charge in [-0.2, -0.15) is 13.2 Å². The third-order valence-electron chi connectivity index (χ3n) is 2.81. The Morgan fingerprint density at radius 1 is 1.32 bits per heavy atom. The molecule has 1 aromatic carbocycles. The Kier molecular flexibility index (Phi) is 5.29. The molecule has 1 atom stereocenters. The highest BCUT2D eigenvalue weighted by atomic mass is 79.9. The predicted molar refractivity (Wildman–Crippen MR) is 75.5 cm³/mol. The summed E-state index contributed by atoms with van der Waals surface area (Å²) in [6.07, 6.45) is -3.46. The van der Waals surface area contributed by atoms with Gasteiger partial charge in [-0.3, -0.25) is 0 Å². The summed E-state index contributed by atoms with van der Waals surface area (Å²) in [5.41, 5.74) is 7.42. The molecule has 0 saturated carbocycles. The molecule has 0 spiro atoms. The van der Waals surface area contributed by atoms with Crippen LogP contribution in [0.2, 0.25) is 0 Å². The maximum Gasteiger partial charge on any atom is 0.389 e. The summed E-state index contributed by atoms with van der Waals surface area (Å²) in [6, 6.07) is 4.97. The Hall–Kier alpha value is -0.720. The largest absolute Gasteiger partial charge is 0.389 e. The molecular formula is C12H13BrClF3N2. The summed E-state index contributed by atoms with van der Waals surface area (Å²) < 4.78 is 37.4. The Bertz CT molecular complexity index is 553. The first-order valence-corrected chi connectivity index (χ1v) is 6.25. The van der Waals surface area contributed by atoms with E-state index in [9.17, 15) is 13.2 Å². The van der Waals surface area contributed by atoms with E-state index in [0.717, 1.165) is 20.9 Å². The van der Waals surface area contributed by atoms with Crippen LogP contribution in [0.15, 0.2) is 28.9 Å². The zero-order valence-corrected chi connectivity index (χ0v) is 12.2. The Morgan fingerprint density at radius 2 is 2.00 bits per heavy atom. The second-order valence-electron chi connectivity index (χ2n) is 4.19. The lowest BCUT2D eigenvalue weighted by molar-refractivity contribution is -0.136. The van der Waals surface area contributed by atoms with E-state index in [4.69, 9.17) is 5.73 Å². The minimum atomic E-state index is -4.16. The molecule has 0 aliphatic carbocycles. The second kappa shape index (κ2) is 6.15. The van der Waals surface area contributed by atoms with Gasteiger partial charge >= 0.3 is 6.18 Å². The molecule has 19 heavy (non-hydrogen) atoms. The van der Waals surface area contributed by atoms with Crippen LogP contribution in [0.25, 0.3) is 10.9 Å². The Balaban J connectivity index is 0.00000180. The lowest BCUT2D eigenvalue weighted by Gasteiger charge is -2.12. The number of halogens is 5. The van der Waals surface area contributed by atoms with Crippen LogP contribution >= 0.6 is 28.3 Å². The lowest BCUT2D eigenvalue weighted by Crippen LogP contribution is -2.15. The number of aromatic amines is 1. The van der Waals surface area contributed by atoms with Gasteiger partial charge in [-0.25, -0.2) is 0 Å². The molecule has 0 unspecified atom stereocenters. The fourth-order valence-electron chi connectivity index (χ4n) is 1.90. The van der Waals surface area contributed by atoms with Gasteiger partial charge in [-0.1, -0.05) is 15.9 Å². The summed E-state index contributed by atoms with van der Waals surface area (Å²) in [5.74, 6) is 0. The van der Waals surface area contributed by atoms with Crippen molar-refractivity contribution in [3.05, 3.63) is 34.4 Å². The van der Waals surface area contributed by atoms with Gasteiger partial charge in [0, 0.05) is 34.0 Å². The summed E-state index contributed by atoms with van der Waals surface area (Å²) >= 11 is 3.34. The number of hydrogen-bond acceptors (Lipinski definition) is 1. The fraction of sp³-hybridized carbons (Fsp3) is 0.333. The van der Waals surface area contributed by atoms with Crippen LogP contribution in [-0.4, -0.2) is 11.2 Å². The van der Waals surface area contributed by atoms with Crippen molar-refractivity contribution in [1.29, 1.82) is 0 Å². The van der Waals surface area contributed by atoms with E-state index in [1.54, 1.807) is 6.20 Å². The van der Waals surface area contributed by atoms with Crippen LogP contribution < -0.4 is 5.73 Å². The molecule has 0 aliphatic rings. The van der Waals surface area contributed by atoms with E-state index < -0.39 is 18.6 Å². The van der Waals surface area contributed by atoms with E-state index in [1.165, 1.54) is 0 Å². The Labute approximate surface area is 123 Å². The number of aromatic nitrogens is 1. The molecule has 0 radical (unpaired) electrons. The number of fused-ring (bicyclic) bond motifs is 1. The molecule has 0 bridgehead atoms. The molecule has 0 amide bonds. The molecule has 1 aromatic heterocycles. The van der Waals surface area contributed by atoms with Gasteiger partial charge in [0.05, 0.1) is 0 Å². The first-order valence-electron chi connectivity index (χ1n) is 5.46. The molecule has 2 rings (SSSR count). The average molecular weight is 358 g/mol. The van der Waals surface area contributed by atoms with Gasteiger partial charge in [0.15, 0.2) is 0 Å². The van der Waals surface area contributed by atoms with E-state index in [1.807, 2.05) is 18.2 Å². The van der Waals surface area contributed by atoms with Crippen LogP contribution in [0, 0.1) is 0 Å². The van der Waals surface area contributed by atoms with E-state index >= 15 is 0 Å². The lowest BCUT2D eigenvalue weighted by atomic mass is 10.0. The minimum absolute atomic E-state index is 0. The van der Waals surface area contributed by atoms with Crippen LogP contribution in [0.3, 0.4) is 0 Å². The van der Waals surface area contributed by atoms with Crippen molar-refractivity contribution in [2.75, 3.05) is 0 Å². The maximum absolute atomic E-state index is 12.2. The fourth-order valence-corrected chi connectivity index (χ4v) is 2.26. The number of nitrogens with two attached hydrogens (primary N) is 1. The summed E-state index contributed by atoms with van der Waals surface area (Å²) in [7, 11) is 0. The second-order valence-corrected chi connectivity index (χ2v) is 5.11. The van der Waals surface area contributed by atoms with Crippen LogP contribution in [0.5, 0.6) is 0 Å². The summed E-state index contributed by atoms with van der Waals surface area (Å²) in [6.45, 7) is 0. The van der Waals surface area contributed by atoms with E-state index in [0.29, 0.717) is 0 Å². The number of H-pyrrole nitrogens is 1. The van der Waals surface area contributed by atoms with Crippen molar-refractivity contribution in [3.63, 3.8) is 0 Å². The van der Waals surface area contributed by atoms with Crippen molar-refractivity contribution < 1.29 is 13.2 Å². The molecule has 2 aromatic rings. The number of benzene rings is 1. The van der Waals surface area contributed by atoms with Crippen molar-refractivity contribution in [2.24, 2.45) is 5.73 Å². The van der Waals surface area contributed by atoms with Crippen molar-refractivity contribution in [1.82, 2.24) is 4.98 Å². The standard InChI is InChI=1S/C12H12BrF3N2.ClH/c13-7-1-2-11-8(5-7)9(6-18-11)10(17)3-4-12(14,15)16;/h1-2,5-6,10,18H,3-4,17H2;1H/t10-;/m0./s1. The zero-order valence-electron chi connectivity index (χ0n) is 9.80. The topological polar surface area (TPSA) is 41.8 Å². The smallest absolute Gasteiger partial charge is 0.361 e. The molecule has 7 heteroatoms. The first-order chi connectivity index (χ1) is 8.37. The van der Waals surface area contributed by atoms with Gasteiger partial charge < -0.3 is 10.7 Å². The molecule has 3 N–H and O–H groups in total. The molecule has 0 saturated heterocycles. The van der Waals surface area contributed by atoms with E-state index in [2.05, 4.69) is 20.9 Å². The number of rotatable bonds is 3. The van der Waals surface area contributed by atoms with E-state index in [-0.39, 0.29) is 18.8 Å². The Morgan fingerprint density at radius 3 is 2.63 bits per heavy atom. The van der Waals surface area contributed by atoms with Gasteiger partial charge in [-0.15, -0.1) is 12.4 Å². The minimum Gasteiger partial charge on any atom is -0.361 e. The molecule has 2 nitrogen and oxygen atoms in total. The quantitative estimate of drug-likeness (QED) is 0.822. The zero-order chi connectivity index (χ0) is 13.3. The van der Waals surface area contributed by atoms with Crippen molar-refractivity contribution in [2.45, 2.75) is 25.1 Å². The number of nitrogens with one attached hydrogen (secondary N) is 1. The molecular weight excluding hydrogens is 344 g/mol. The van der Waals surface area contributed by atoms with Gasteiger partial charge in [0.1, 0.15) is 0 Å². The first kappa shape index (κ1) is 16.3. The van der Waals surface area contributed by atoms with Gasteiger partial charge in [0.25, 0.3) is 0 Å². The third kappa shape index (κ3) is 4.12. The highest BCUT2D eigenvalue weighted by Crippen LogP contribution is 2.31. The number of hydrogen-bond donors (Lipinski definition) is 2. The maximum atomic E-state index is 12.2. The molecule has 0 fully saturated rings. The van der Waals surface area contributed by atoms with Crippen molar-refractivity contribution >= 4 is 39.2 Å². The summed E-state index contributed by atoms with van der Waals surface area (Å²) in [4.78, 5) is 3.01. The van der Waals surface area contributed by atoms with Crippen LogP contribution in [0.4, 0.5) is 13.2 Å². The normalized spacial score (nSPS) is 13.3. The van der Waals surface area contributed by atoms with Crippen molar-refractivity contribution in [3.8, 4) is 0 Å². The predicted octanol–water partition coefficient (Wildman–Crippen LogP) is 4.69. The monoisotopic (exact) mass is 356 g/mol. The average Bonchev–Trinajstić information content (AvgIpc) is 2.67. The SMILES string of the molecule is Cl.N[C@@H](CCC(F)(F)F)c1c[nH]c2ccc(Br)cc12. The van der Waals surface area contributed by atoms with Crippen LogP contribution in [0.1, 0.15) is 24.4 Å². The number of alkyl halides is 3. The van der Waals surface area contributed by atoms with Gasteiger partial charge in [0.2, 0.25) is 0 Å². The highest BCUT2D eigenvalue weighted by molar-refractivity contribution is 9.10. The molecule has 1 heterocycles. The van der Waals surface area contributed by atoms with Crippen LogP contribution in [-0.2, 0) is 0 Å². The van der Waals surface area contributed by atoms with Gasteiger partial charge in [-0.05, 0) is 30.2 Å². The molecule has 106 valence electrons. The summed E-state index contributed by atoms with van der Waals surface area (Å²) in [5, 5.41) is 0.860.